The first kappa shape index (κ1) is 32.2. The lowest BCUT2D eigenvalue weighted by Crippen LogP contribution is -2.37. The number of nitrogens with zero attached hydrogens (tertiary/aromatic N) is 2. The van der Waals surface area contributed by atoms with E-state index in [0.717, 1.165) is 47.6 Å². The zero-order valence-electron chi connectivity index (χ0n) is 27.3. The van der Waals surface area contributed by atoms with Crippen LogP contribution < -0.4 is 33.3 Å². The number of hydrogen-bond acceptors (Lipinski definition) is 10. The Hall–Kier alpha value is -4.15. The number of morpholine rings is 1. The van der Waals surface area contributed by atoms with E-state index in [2.05, 4.69) is 29.2 Å². The van der Waals surface area contributed by atoms with Gasteiger partial charge in [0.05, 0.1) is 55.2 Å². The smallest absolute Gasteiger partial charge is 0.312 e. The lowest BCUT2D eigenvalue weighted by molar-refractivity contribution is -0.135. The third-order valence-electron chi connectivity index (χ3n) is 8.74. The molecular weight excluding hydrogens is 576 g/mol. The molecule has 3 aromatic rings. The molecule has 3 aromatic carbocycles. The maximum Gasteiger partial charge on any atom is 0.312 e. The number of carbonyl (C=O) groups excluding carboxylic acids is 1. The second-order valence-electron chi connectivity index (χ2n) is 11.4. The molecule has 242 valence electrons. The Kier molecular flexibility index (Phi) is 10.2. The molecule has 2 heterocycles. The van der Waals surface area contributed by atoms with Crippen LogP contribution in [0.25, 0.3) is 0 Å². The van der Waals surface area contributed by atoms with Gasteiger partial charge in [0.2, 0.25) is 5.75 Å². The first-order valence-electron chi connectivity index (χ1n) is 15.2. The molecule has 10 nitrogen and oxygen atoms in total. The number of methoxy groups -OCH3 is 5. The molecule has 0 N–H and O–H groups in total. The van der Waals surface area contributed by atoms with Crippen LogP contribution in [0.3, 0.4) is 0 Å². The van der Waals surface area contributed by atoms with Gasteiger partial charge in [-0.15, -0.1) is 0 Å². The summed E-state index contributed by atoms with van der Waals surface area (Å²) in [6, 6.07) is 14.1. The second-order valence-corrected chi connectivity index (χ2v) is 11.4. The number of hydrogen-bond donors (Lipinski definition) is 0. The summed E-state index contributed by atoms with van der Waals surface area (Å²) in [6.45, 7) is 3.88. The molecule has 0 saturated carbocycles. The van der Waals surface area contributed by atoms with Crippen molar-refractivity contribution in [3.63, 3.8) is 0 Å². The number of benzene rings is 3. The molecule has 45 heavy (non-hydrogen) atoms. The van der Waals surface area contributed by atoms with Gasteiger partial charge in [-0.25, -0.2) is 0 Å². The summed E-state index contributed by atoms with van der Waals surface area (Å²) in [5.74, 6) is 2.41. The highest BCUT2D eigenvalue weighted by Gasteiger charge is 2.38. The first-order chi connectivity index (χ1) is 21.8. The van der Waals surface area contributed by atoms with E-state index in [1.807, 2.05) is 37.2 Å². The van der Waals surface area contributed by atoms with Gasteiger partial charge in [-0.1, -0.05) is 12.1 Å². The Morgan fingerprint density at radius 2 is 1.47 bits per heavy atom. The van der Waals surface area contributed by atoms with Crippen molar-refractivity contribution < 1.29 is 38.0 Å². The first-order valence-corrected chi connectivity index (χ1v) is 15.2. The molecule has 2 atom stereocenters. The Labute approximate surface area is 265 Å². The van der Waals surface area contributed by atoms with Crippen LogP contribution in [0.5, 0.6) is 34.5 Å². The Morgan fingerprint density at radius 1 is 0.844 bits per heavy atom. The fourth-order valence-corrected chi connectivity index (χ4v) is 6.38. The van der Waals surface area contributed by atoms with E-state index in [-0.39, 0.29) is 24.2 Å². The number of rotatable bonds is 12. The number of anilines is 1. The third-order valence-corrected chi connectivity index (χ3v) is 8.74. The lowest BCUT2D eigenvalue weighted by Gasteiger charge is -2.33. The summed E-state index contributed by atoms with van der Waals surface area (Å²) in [5, 5.41) is 0. The normalized spacial score (nSPS) is 17.1. The van der Waals surface area contributed by atoms with Crippen LogP contribution in [-0.4, -0.2) is 93.4 Å². The van der Waals surface area contributed by atoms with Crippen LogP contribution >= 0.6 is 0 Å². The van der Waals surface area contributed by atoms with Crippen molar-refractivity contribution >= 4 is 11.7 Å². The summed E-state index contributed by atoms with van der Waals surface area (Å²) in [6.07, 6.45) is 0.895. The number of ether oxygens (including phenoxy) is 7. The minimum atomic E-state index is -0.308. The highest BCUT2D eigenvalue weighted by Crippen LogP contribution is 2.54. The molecular formula is C35H44N2O8. The minimum Gasteiger partial charge on any atom is -0.496 e. The quantitative estimate of drug-likeness (QED) is 0.202. The predicted molar refractivity (Wildman–Crippen MR) is 172 cm³/mol. The van der Waals surface area contributed by atoms with Gasteiger partial charge in [-0.2, -0.15) is 0 Å². The highest BCUT2D eigenvalue weighted by molar-refractivity contribution is 5.81. The van der Waals surface area contributed by atoms with Crippen LogP contribution in [-0.2, 0) is 9.53 Å². The van der Waals surface area contributed by atoms with Crippen LogP contribution in [0.15, 0.2) is 42.5 Å². The Morgan fingerprint density at radius 3 is 2.02 bits per heavy atom. The summed E-state index contributed by atoms with van der Waals surface area (Å²) in [4.78, 5) is 17.8. The number of fused-ring (bicyclic) bond motifs is 1. The summed E-state index contributed by atoms with van der Waals surface area (Å²) in [7, 11) is 12.1. The van der Waals surface area contributed by atoms with Gasteiger partial charge in [0.25, 0.3) is 0 Å². The summed E-state index contributed by atoms with van der Waals surface area (Å²) >= 11 is 0. The molecule has 0 spiro atoms. The molecule has 2 aliphatic rings. The van der Waals surface area contributed by atoms with Gasteiger partial charge in [-0.05, 0) is 48.4 Å². The van der Waals surface area contributed by atoms with Gasteiger partial charge in [-0.3, -0.25) is 9.69 Å². The van der Waals surface area contributed by atoms with Crippen LogP contribution in [0, 0.1) is 0 Å². The molecule has 0 aromatic heterocycles. The van der Waals surface area contributed by atoms with Crippen molar-refractivity contribution in [3.05, 3.63) is 64.7 Å². The molecule has 0 radical (unpaired) electrons. The van der Waals surface area contributed by atoms with Crippen molar-refractivity contribution in [1.82, 2.24) is 4.90 Å². The van der Waals surface area contributed by atoms with E-state index >= 15 is 0 Å². The van der Waals surface area contributed by atoms with E-state index < -0.39 is 0 Å². The van der Waals surface area contributed by atoms with E-state index in [1.54, 1.807) is 35.5 Å². The van der Waals surface area contributed by atoms with Crippen molar-refractivity contribution in [3.8, 4) is 34.5 Å². The van der Waals surface area contributed by atoms with Crippen LogP contribution in [0.1, 0.15) is 46.9 Å². The maximum absolute atomic E-state index is 13.4. The van der Waals surface area contributed by atoms with Crippen molar-refractivity contribution in [2.24, 2.45) is 0 Å². The van der Waals surface area contributed by atoms with Crippen molar-refractivity contribution in [1.29, 1.82) is 0 Å². The molecule has 5 rings (SSSR count). The minimum absolute atomic E-state index is 0.194. The number of esters is 1. The largest absolute Gasteiger partial charge is 0.496 e. The lowest BCUT2D eigenvalue weighted by atomic mass is 9.79. The Bertz CT molecular complexity index is 1460. The SMILES string of the molecule is COc1cc([C@@H](CCN2CCOCC2)c2c(OC)cc(OC)c3c2OC(=O)C[C@@H]3c2ccc(N(C)C)cc2)cc(OC)c1OC. The maximum atomic E-state index is 13.4. The molecule has 10 heteroatoms. The second kappa shape index (κ2) is 14.3. The van der Waals surface area contributed by atoms with Crippen molar-refractivity contribution in [2.75, 3.05) is 87.4 Å². The molecule has 0 aliphatic carbocycles. The van der Waals surface area contributed by atoms with Gasteiger partial charge in [0.1, 0.15) is 17.2 Å². The zero-order valence-corrected chi connectivity index (χ0v) is 27.3. The van der Waals surface area contributed by atoms with Gasteiger partial charge in [0.15, 0.2) is 11.5 Å². The standard InChI is InChI=1S/C35H44N2O8/c1-36(2)24-10-8-22(9-11-24)26-20-31(38)45-35-32(27(39-3)21-28(40-4)33(26)35)25(12-13-37-14-16-44-17-15-37)23-18-29(41-5)34(43-7)30(19-23)42-6/h8-11,18-19,21,25-26H,12-17,20H2,1-7H3/t25-,26-/m1/s1. The van der Waals surface area contributed by atoms with E-state index in [4.69, 9.17) is 33.2 Å². The topological polar surface area (TPSA) is 88.2 Å². The Balaban J connectivity index is 1.72. The van der Waals surface area contributed by atoms with E-state index in [1.165, 1.54) is 0 Å². The average Bonchev–Trinajstić information content (AvgIpc) is 3.07. The van der Waals surface area contributed by atoms with Gasteiger partial charge >= 0.3 is 5.97 Å². The predicted octanol–water partition coefficient (Wildman–Crippen LogP) is 5.09. The average molecular weight is 621 g/mol. The molecule has 1 fully saturated rings. The molecule has 0 amide bonds. The fourth-order valence-electron chi connectivity index (χ4n) is 6.38. The van der Waals surface area contributed by atoms with E-state index in [0.29, 0.717) is 54.1 Å². The molecule has 2 aliphatic heterocycles. The van der Waals surface area contributed by atoms with Crippen molar-refractivity contribution in [2.45, 2.75) is 24.7 Å². The monoisotopic (exact) mass is 620 g/mol. The summed E-state index contributed by atoms with van der Waals surface area (Å²) < 4.78 is 40.9. The van der Waals surface area contributed by atoms with Gasteiger partial charge in [0, 0.05) is 61.9 Å². The highest BCUT2D eigenvalue weighted by atomic mass is 16.5. The zero-order chi connectivity index (χ0) is 32.1. The van der Waals surface area contributed by atoms with Crippen LogP contribution in [0.4, 0.5) is 5.69 Å². The summed E-state index contributed by atoms with van der Waals surface area (Å²) in [5.41, 5.74) is 4.60. The van der Waals surface area contributed by atoms with Gasteiger partial charge < -0.3 is 38.1 Å². The van der Waals surface area contributed by atoms with Crippen LogP contribution in [0.2, 0.25) is 0 Å². The molecule has 0 unspecified atom stereocenters. The third kappa shape index (κ3) is 6.62. The number of carbonyl (C=O) groups is 1. The molecule has 1 saturated heterocycles. The fraction of sp³-hybridized carbons (Fsp3) is 0.457. The molecule has 0 bridgehead atoms. The van der Waals surface area contributed by atoms with E-state index in [9.17, 15) is 4.79 Å².